The number of hydrogen-bond donors (Lipinski definition) is 0. The summed E-state index contributed by atoms with van der Waals surface area (Å²) in [7, 11) is 0. The van der Waals surface area contributed by atoms with E-state index in [9.17, 15) is 9.59 Å². The molecule has 1 aliphatic carbocycles. The van der Waals surface area contributed by atoms with Gasteiger partial charge in [-0.2, -0.15) is 0 Å². The minimum atomic E-state index is -0.0379. The number of fused-ring (bicyclic) bond motifs is 1. The molecule has 3 fully saturated rings. The Hall–Kier alpha value is -1.88. The molecule has 2 unspecified atom stereocenters. The molecule has 0 spiro atoms. The van der Waals surface area contributed by atoms with E-state index in [0.29, 0.717) is 19.6 Å². The van der Waals surface area contributed by atoms with Gasteiger partial charge in [0.2, 0.25) is 11.8 Å². The van der Waals surface area contributed by atoms with E-state index in [1.54, 1.807) is 0 Å². The van der Waals surface area contributed by atoms with Gasteiger partial charge in [-0.05, 0) is 18.4 Å². The highest BCUT2D eigenvalue weighted by atomic mass is 16.5. The zero-order chi connectivity index (χ0) is 15.1. The van der Waals surface area contributed by atoms with E-state index in [1.165, 1.54) is 0 Å². The van der Waals surface area contributed by atoms with Crippen LogP contribution in [0.4, 0.5) is 0 Å². The van der Waals surface area contributed by atoms with E-state index in [2.05, 4.69) is 0 Å². The number of rotatable bonds is 3. The quantitative estimate of drug-likeness (QED) is 0.838. The van der Waals surface area contributed by atoms with Crippen LogP contribution in [-0.4, -0.2) is 53.5 Å². The van der Waals surface area contributed by atoms with Gasteiger partial charge in [0.05, 0.1) is 12.1 Å². The van der Waals surface area contributed by atoms with Gasteiger partial charge < -0.3 is 14.5 Å². The third-order valence-corrected chi connectivity index (χ3v) is 4.81. The summed E-state index contributed by atoms with van der Waals surface area (Å²) in [5.74, 6) is 0.481. The van der Waals surface area contributed by atoms with Crippen molar-refractivity contribution in [1.29, 1.82) is 0 Å². The van der Waals surface area contributed by atoms with Gasteiger partial charge >= 0.3 is 0 Å². The van der Waals surface area contributed by atoms with Crippen LogP contribution in [0.25, 0.3) is 0 Å². The van der Waals surface area contributed by atoms with E-state index in [1.807, 2.05) is 40.1 Å². The van der Waals surface area contributed by atoms with Gasteiger partial charge in [-0.1, -0.05) is 30.3 Å². The first-order valence-corrected chi connectivity index (χ1v) is 7.96. The number of benzene rings is 1. The zero-order valence-corrected chi connectivity index (χ0v) is 12.5. The largest absolute Gasteiger partial charge is 0.364 e. The molecule has 2 saturated heterocycles. The Bertz CT molecular complexity index is 585. The minimum absolute atomic E-state index is 0.0100. The Morgan fingerprint density at radius 3 is 2.68 bits per heavy atom. The van der Waals surface area contributed by atoms with Crippen LogP contribution in [0.1, 0.15) is 18.4 Å². The van der Waals surface area contributed by atoms with Crippen LogP contribution in [-0.2, 0) is 20.9 Å². The molecular weight excluding hydrogens is 280 g/mol. The predicted molar refractivity (Wildman–Crippen MR) is 79.8 cm³/mol. The van der Waals surface area contributed by atoms with Crippen LogP contribution in [0.2, 0.25) is 0 Å². The van der Waals surface area contributed by atoms with Gasteiger partial charge in [-0.25, -0.2) is 0 Å². The summed E-state index contributed by atoms with van der Waals surface area (Å²) in [6.45, 7) is 1.95. The molecule has 0 N–H and O–H groups in total. The summed E-state index contributed by atoms with van der Waals surface area (Å²) in [4.78, 5) is 28.3. The van der Waals surface area contributed by atoms with Crippen LogP contribution in [0, 0.1) is 5.92 Å². The van der Waals surface area contributed by atoms with E-state index < -0.39 is 0 Å². The van der Waals surface area contributed by atoms with Gasteiger partial charge in [0, 0.05) is 25.6 Å². The summed E-state index contributed by atoms with van der Waals surface area (Å²) in [6, 6.07) is 9.98. The maximum atomic E-state index is 12.3. The van der Waals surface area contributed by atoms with Gasteiger partial charge in [0.1, 0.15) is 6.61 Å². The molecular formula is C17H20N2O3. The lowest BCUT2D eigenvalue weighted by molar-refractivity contribution is -0.153. The first-order valence-electron chi connectivity index (χ1n) is 7.96. The first kappa shape index (κ1) is 13.8. The van der Waals surface area contributed by atoms with Gasteiger partial charge in [-0.15, -0.1) is 0 Å². The molecule has 1 saturated carbocycles. The van der Waals surface area contributed by atoms with Gasteiger partial charge in [0.25, 0.3) is 0 Å². The molecule has 2 aliphatic heterocycles. The second-order valence-corrected chi connectivity index (χ2v) is 6.44. The number of morpholine rings is 1. The maximum Gasteiger partial charge on any atom is 0.249 e. The summed E-state index contributed by atoms with van der Waals surface area (Å²) in [5, 5.41) is 0. The smallest absolute Gasteiger partial charge is 0.249 e. The Balaban J connectivity index is 1.50. The summed E-state index contributed by atoms with van der Waals surface area (Å²) in [5.41, 5.74) is 1.11. The summed E-state index contributed by atoms with van der Waals surface area (Å²) in [6.07, 6.45) is 1.99. The van der Waals surface area contributed by atoms with Crippen molar-refractivity contribution in [2.75, 3.05) is 19.7 Å². The normalized spacial score (nSPS) is 27.9. The molecule has 4 rings (SSSR count). The van der Waals surface area contributed by atoms with Crippen LogP contribution in [0.15, 0.2) is 30.3 Å². The third kappa shape index (κ3) is 2.50. The standard InChI is InChI=1S/C17H20N2O3/c20-16-11-22-15-10-18(17(21)13-6-7-13)9-14(15)19(16)8-12-4-2-1-3-5-12/h1-5,13-15H,6-11H2. The summed E-state index contributed by atoms with van der Waals surface area (Å²) >= 11 is 0. The average Bonchev–Trinajstić information content (AvgIpc) is 3.29. The van der Waals surface area contributed by atoms with Crippen LogP contribution in [0.3, 0.4) is 0 Å². The molecule has 22 heavy (non-hydrogen) atoms. The zero-order valence-electron chi connectivity index (χ0n) is 12.5. The number of ether oxygens (including phenoxy) is 1. The topological polar surface area (TPSA) is 49.9 Å². The highest BCUT2D eigenvalue weighted by Crippen LogP contribution is 2.34. The lowest BCUT2D eigenvalue weighted by Gasteiger charge is -2.36. The van der Waals surface area contributed by atoms with Gasteiger partial charge in [-0.3, -0.25) is 9.59 Å². The number of amides is 2. The second-order valence-electron chi connectivity index (χ2n) is 6.44. The Labute approximate surface area is 129 Å². The lowest BCUT2D eigenvalue weighted by Crippen LogP contribution is -2.53. The fourth-order valence-electron chi connectivity index (χ4n) is 3.42. The Morgan fingerprint density at radius 2 is 1.95 bits per heavy atom. The minimum Gasteiger partial charge on any atom is -0.364 e. The molecule has 1 aromatic rings. The molecule has 5 heteroatoms. The third-order valence-electron chi connectivity index (χ3n) is 4.81. The predicted octanol–water partition coefficient (Wildman–Crippen LogP) is 1.03. The highest BCUT2D eigenvalue weighted by molar-refractivity contribution is 5.82. The van der Waals surface area contributed by atoms with Crippen molar-refractivity contribution in [3.63, 3.8) is 0 Å². The number of carbonyl (C=O) groups is 2. The summed E-state index contributed by atoms with van der Waals surface area (Å²) < 4.78 is 5.68. The van der Waals surface area contributed by atoms with E-state index >= 15 is 0 Å². The lowest BCUT2D eigenvalue weighted by atomic mass is 10.1. The second kappa shape index (κ2) is 5.39. The molecule has 5 nitrogen and oxygen atoms in total. The molecule has 1 aromatic carbocycles. The van der Waals surface area contributed by atoms with E-state index in [0.717, 1.165) is 18.4 Å². The maximum absolute atomic E-state index is 12.3. The van der Waals surface area contributed by atoms with Crippen LogP contribution in [0.5, 0.6) is 0 Å². The van der Waals surface area contributed by atoms with Crippen molar-refractivity contribution < 1.29 is 14.3 Å². The Morgan fingerprint density at radius 1 is 1.18 bits per heavy atom. The number of nitrogens with zero attached hydrogens (tertiary/aromatic N) is 2. The van der Waals surface area contributed by atoms with E-state index in [-0.39, 0.29) is 36.5 Å². The fraction of sp³-hybridized carbons (Fsp3) is 0.529. The average molecular weight is 300 g/mol. The molecule has 2 heterocycles. The molecule has 0 radical (unpaired) electrons. The highest BCUT2D eigenvalue weighted by Gasteiger charge is 2.46. The SMILES string of the molecule is O=C(C1CC1)N1CC2OCC(=O)N(Cc3ccccc3)C2C1. The monoisotopic (exact) mass is 300 g/mol. The Kier molecular flexibility index (Phi) is 3.37. The number of hydrogen-bond acceptors (Lipinski definition) is 3. The van der Waals surface area contributed by atoms with Gasteiger partial charge in [0.15, 0.2) is 0 Å². The van der Waals surface area contributed by atoms with Crippen molar-refractivity contribution in [2.45, 2.75) is 31.5 Å². The van der Waals surface area contributed by atoms with Crippen molar-refractivity contribution >= 4 is 11.8 Å². The molecule has 2 atom stereocenters. The van der Waals surface area contributed by atoms with E-state index in [4.69, 9.17) is 4.74 Å². The first-order chi connectivity index (χ1) is 10.7. The molecule has 0 aromatic heterocycles. The molecule has 116 valence electrons. The van der Waals surface area contributed by atoms with Crippen molar-refractivity contribution in [1.82, 2.24) is 9.80 Å². The van der Waals surface area contributed by atoms with Crippen molar-refractivity contribution in [2.24, 2.45) is 5.92 Å². The van der Waals surface area contributed by atoms with Crippen molar-refractivity contribution in [3.8, 4) is 0 Å². The van der Waals surface area contributed by atoms with Crippen LogP contribution >= 0.6 is 0 Å². The number of likely N-dealkylation sites (tertiary alicyclic amines) is 1. The molecule has 2 amide bonds. The van der Waals surface area contributed by atoms with Crippen LogP contribution < -0.4 is 0 Å². The number of carbonyl (C=O) groups excluding carboxylic acids is 2. The molecule has 0 bridgehead atoms. The van der Waals surface area contributed by atoms with Crippen molar-refractivity contribution in [3.05, 3.63) is 35.9 Å². The molecule has 3 aliphatic rings. The fourth-order valence-corrected chi connectivity index (χ4v) is 3.42.